The molecular formula is C23H22N6OS. The molecule has 0 aliphatic carbocycles. The zero-order valence-corrected chi connectivity index (χ0v) is 18.0. The second-order valence-electron chi connectivity index (χ2n) is 7.78. The van der Waals surface area contributed by atoms with Crippen molar-refractivity contribution in [3.05, 3.63) is 60.4 Å². The Morgan fingerprint density at radius 2 is 2.13 bits per heavy atom. The molecule has 7 nitrogen and oxygen atoms in total. The van der Waals surface area contributed by atoms with E-state index in [9.17, 15) is 4.79 Å². The Kier molecular flexibility index (Phi) is 5.30. The fourth-order valence-corrected chi connectivity index (χ4v) is 4.82. The number of aromatic nitrogens is 4. The van der Waals surface area contributed by atoms with Crippen molar-refractivity contribution >= 4 is 38.4 Å². The molecule has 1 unspecified atom stereocenters. The van der Waals surface area contributed by atoms with E-state index >= 15 is 0 Å². The number of carbonyl (C=O) groups excluding carboxylic acids is 1. The van der Waals surface area contributed by atoms with E-state index in [1.54, 1.807) is 12.4 Å². The monoisotopic (exact) mass is 430 g/mol. The Morgan fingerprint density at radius 3 is 2.94 bits per heavy atom. The van der Waals surface area contributed by atoms with Crippen LogP contribution < -0.4 is 10.2 Å². The number of nitrogens with one attached hydrogen (secondary N) is 1. The Hall–Kier alpha value is -3.39. The van der Waals surface area contributed by atoms with E-state index in [1.165, 1.54) is 16.9 Å². The normalized spacial score (nSPS) is 16.4. The van der Waals surface area contributed by atoms with E-state index in [1.807, 2.05) is 36.4 Å². The molecule has 1 atom stereocenters. The van der Waals surface area contributed by atoms with Crippen molar-refractivity contribution in [2.45, 2.75) is 19.8 Å². The first-order valence-electron chi connectivity index (χ1n) is 10.3. The summed E-state index contributed by atoms with van der Waals surface area (Å²) in [4.78, 5) is 23.7. The van der Waals surface area contributed by atoms with Crippen molar-refractivity contribution in [1.29, 1.82) is 0 Å². The van der Waals surface area contributed by atoms with E-state index in [4.69, 9.17) is 0 Å². The number of nitrogens with zero attached hydrogens (tertiary/aromatic N) is 5. The summed E-state index contributed by atoms with van der Waals surface area (Å²) in [5.74, 6) is 0.698. The van der Waals surface area contributed by atoms with E-state index in [0.29, 0.717) is 11.7 Å². The Morgan fingerprint density at radius 1 is 1.19 bits per heavy atom. The van der Waals surface area contributed by atoms with Crippen LogP contribution in [0, 0.1) is 12.8 Å². The molecule has 4 aromatic rings. The molecule has 5 rings (SSSR count). The fraction of sp³-hybridized carbons (Fsp3) is 0.261. The summed E-state index contributed by atoms with van der Waals surface area (Å²) in [6, 6.07) is 13.9. The van der Waals surface area contributed by atoms with E-state index in [-0.39, 0.29) is 11.8 Å². The molecule has 156 valence electrons. The molecule has 0 bridgehead atoms. The highest BCUT2D eigenvalue weighted by Crippen LogP contribution is 2.28. The number of aryl methyl sites for hydroxylation is 1. The molecule has 0 saturated carbocycles. The van der Waals surface area contributed by atoms with Gasteiger partial charge in [0.15, 0.2) is 10.9 Å². The minimum absolute atomic E-state index is 0.0143. The van der Waals surface area contributed by atoms with Gasteiger partial charge in [0.25, 0.3) is 0 Å². The molecule has 1 N–H and O–H groups in total. The van der Waals surface area contributed by atoms with Gasteiger partial charge in [0.1, 0.15) is 0 Å². The first-order chi connectivity index (χ1) is 15.2. The van der Waals surface area contributed by atoms with Crippen LogP contribution in [-0.2, 0) is 4.79 Å². The second-order valence-corrected chi connectivity index (χ2v) is 8.81. The summed E-state index contributed by atoms with van der Waals surface area (Å²) in [6.07, 6.45) is 5.30. The summed E-state index contributed by atoms with van der Waals surface area (Å²) in [5, 5.41) is 12.4. The maximum atomic E-state index is 12.9. The summed E-state index contributed by atoms with van der Waals surface area (Å²) in [6.45, 7) is 3.54. The van der Waals surface area contributed by atoms with Crippen LogP contribution in [0.15, 0.2) is 54.9 Å². The number of rotatable bonds is 4. The summed E-state index contributed by atoms with van der Waals surface area (Å²) < 4.78 is 1.09. The largest absolute Gasteiger partial charge is 0.354 e. The van der Waals surface area contributed by atoms with E-state index in [0.717, 1.165) is 46.7 Å². The van der Waals surface area contributed by atoms with Crippen LogP contribution in [0.25, 0.3) is 21.5 Å². The number of pyridine rings is 1. The van der Waals surface area contributed by atoms with Crippen molar-refractivity contribution in [2.24, 2.45) is 5.92 Å². The highest BCUT2D eigenvalue weighted by Gasteiger charge is 2.27. The zero-order valence-electron chi connectivity index (χ0n) is 17.2. The van der Waals surface area contributed by atoms with Crippen LogP contribution in [-0.4, -0.2) is 39.2 Å². The Bertz CT molecular complexity index is 1210. The van der Waals surface area contributed by atoms with E-state index in [2.05, 4.69) is 43.4 Å². The standard InChI is InChI=1S/C23H22N6OS/c1-15-6-7-19-20(12-15)31-23(25-19)26-22(30)17-5-3-11-29(14-17)21-9-8-18(27-28-21)16-4-2-10-24-13-16/h2,4,6-10,12-13,17H,3,5,11,14H2,1H3,(H,25,26,30). The molecule has 1 aromatic carbocycles. The minimum atomic E-state index is -0.109. The number of carbonyl (C=O) groups is 1. The molecule has 8 heteroatoms. The lowest BCUT2D eigenvalue weighted by Gasteiger charge is -2.32. The maximum Gasteiger partial charge on any atom is 0.231 e. The first kappa shape index (κ1) is 19.6. The first-order valence-corrected chi connectivity index (χ1v) is 11.1. The molecule has 3 aromatic heterocycles. The topological polar surface area (TPSA) is 83.9 Å². The van der Waals surface area contributed by atoms with Gasteiger partial charge in [-0.05, 0) is 61.7 Å². The highest BCUT2D eigenvalue weighted by molar-refractivity contribution is 7.22. The third-order valence-electron chi connectivity index (χ3n) is 5.50. The van der Waals surface area contributed by atoms with Gasteiger partial charge in [-0.15, -0.1) is 10.2 Å². The van der Waals surface area contributed by atoms with Gasteiger partial charge < -0.3 is 10.2 Å². The van der Waals surface area contributed by atoms with Gasteiger partial charge in [0.05, 0.1) is 21.8 Å². The number of benzene rings is 1. The van der Waals surface area contributed by atoms with Crippen molar-refractivity contribution in [3.8, 4) is 11.3 Å². The van der Waals surface area contributed by atoms with Crippen LogP contribution >= 0.6 is 11.3 Å². The SMILES string of the molecule is Cc1ccc2nc(NC(=O)C3CCCN(c4ccc(-c5cccnc5)nn4)C3)sc2c1. The number of thiazole rings is 1. The van der Waals surface area contributed by atoms with Crippen LogP contribution in [0.3, 0.4) is 0 Å². The van der Waals surface area contributed by atoms with Crippen LogP contribution in [0.4, 0.5) is 10.9 Å². The number of hydrogen-bond donors (Lipinski definition) is 1. The van der Waals surface area contributed by atoms with Gasteiger partial charge in [-0.3, -0.25) is 9.78 Å². The molecule has 1 saturated heterocycles. The molecular weight excluding hydrogens is 408 g/mol. The molecule has 1 amide bonds. The Balaban J connectivity index is 1.26. The number of piperidine rings is 1. The second kappa shape index (κ2) is 8.39. The van der Waals surface area contributed by atoms with Crippen LogP contribution in [0.2, 0.25) is 0 Å². The molecule has 4 heterocycles. The highest BCUT2D eigenvalue weighted by atomic mass is 32.1. The Labute approximate surface area is 184 Å². The predicted molar refractivity (Wildman–Crippen MR) is 123 cm³/mol. The van der Waals surface area contributed by atoms with Crippen molar-refractivity contribution in [3.63, 3.8) is 0 Å². The fourth-order valence-electron chi connectivity index (χ4n) is 3.85. The molecule has 1 aliphatic heterocycles. The summed E-state index contributed by atoms with van der Waals surface area (Å²) >= 11 is 1.52. The molecule has 1 aliphatic rings. The lowest BCUT2D eigenvalue weighted by Crippen LogP contribution is -2.41. The predicted octanol–water partition coefficient (Wildman–Crippen LogP) is 4.31. The van der Waals surface area contributed by atoms with Gasteiger partial charge in [0.2, 0.25) is 5.91 Å². The maximum absolute atomic E-state index is 12.9. The molecule has 31 heavy (non-hydrogen) atoms. The third kappa shape index (κ3) is 4.25. The third-order valence-corrected chi connectivity index (χ3v) is 6.43. The van der Waals surface area contributed by atoms with Gasteiger partial charge in [-0.2, -0.15) is 0 Å². The lowest BCUT2D eigenvalue weighted by atomic mass is 9.97. The number of hydrogen-bond acceptors (Lipinski definition) is 7. The summed E-state index contributed by atoms with van der Waals surface area (Å²) in [5.41, 5.74) is 3.82. The summed E-state index contributed by atoms with van der Waals surface area (Å²) in [7, 11) is 0. The average molecular weight is 431 g/mol. The van der Waals surface area contributed by atoms with Crippen molar-refractivity contribution in [1.82, 2.24) is 20.2 Å². The quantitative estimate of drug-likeness (QED) is 0.519. The molecule has 0 radical (unpaired) electrons. The van der Waals surface area contributed by atoms with Gasteiger partial charge >= 0.3 is 0 Å². The van der Waals surface area contributed by atoms with Gasteiger partial charge in [-0.25, -0.2) is 4.98 Å². The average Bonchev–Trinajstić information content (AvgIpc) is 3.21. The number of anilines is 2. The van der Waals surface area contributed by atoms with Crippen LogP contribution in [0.1, 0.15) is 18.4 Å². The van der Waals surface area contributed by atoms with Gasteiger partial charge in [-0.1, -0.05) is 17.4 Å². The minimum Gasteiger partial charge on any atom is -0.354 e. The lowest BCUT2D eigenvalue weighted by molar-refractivity contribution is -0.120. The van der Waals surface area contributed by atoms with Crippen molar-refractivity contribution < 1.29 is 4.79 Å². The number of fused-ring (bicyclic) bond motifs is 1. The smallest absolute Gasteiger partial charge is 0.231 e. The molecule has 0 spiro atoms. The van der Waals surface area contributed by atoms with E-state index < -0.39 is 0 Å². The van der Waals surface area contributed by atoms with Gasteiger partial charge in [0, 0.05) is 31.0 Å². The molecule has 1 fully saturated rings. The zero-order chi connectivity index (χ0) is 21.2. The van der Waals surface area contributed by atoms with Crippen molar-refractivity contribution in [2.75, 3.05) is 23.3 Å². The number of amides is 1. The van der Waals surface area contributed by atoms with Crippen LogP contribution in [0.5, 0.6) is 0 Å².